The molecule has 0 aromatic rings. The molecule has 2 rings (SSSR count). The maximum Gasteiger partial charge on any atom is 0.223 e. The summed E-state index contributed by atoms with van der Waals surface area (Å²) in [5, 5.41) is 12.5. The highest BCUT2D eigenvalue weighted by molar-refractivity contribution is 6.93. The Labute approximate surface area is 160 Å². The van der Waals surface area contributed by atoms with Gasteiger partial charge in [0, 0.05) is 20.8 Å². The van der Waals surface area contributed by atoms with E-state index in [1.54, 1.807) is 0 Å². The molecular weight excluding hydrogens is 334 g/mol. The summed E-state index contributed by atoms with van der Waals surface area (Å²) in [6, 6.07) is 10.7. The van der Waals surface area contributed by atoms with Crippen LogP contribution in [0.15, 0.2) is 30.3 Å². The van der Waals surface area contributed by atoms with E-state index in [1.807, 2.05) is 27.0 Å². The molecule has 2 aliphatic carbocycles. The van der Waals surface area contributed by atoms with Gasteiger partial charge in [0.25, 0.3) is 0 Å². The molecule has 1 N–H and O–H groups in total. The van der Waals surface area contributed by atoms with Gasteiger partial charge in [-0.05, 0) is 38.1 Å². The molecule has 2 nitrogen and oxygen atoms in total. The average Bonchev–Trinajstić information content (AvgIpc) is 2.65. The first-order valence-electron chi connectivity index (χ1n) is 9.69. The van der Waals surface area contributed by atoms with Crippen LogP contribution in [0.4, 0.5) is 0 Å². The van der Waals surface area contributed by atoms with E-state index < -0.39 is 8.07 Å². The van der Waals surface area contributed by atoms with E-state index in [4.69, 9.17) is 0 Å². The van der Waals surface area contributed by atoms with Crippen LogP contribution in [0.1, 0.15) is 59.6 Å². The molecule has 0 aromatic carbocycles. The first kappa shape index (κ1) is 20.7. The second-order valence-electron chi connectivity index (χ2n) is 9.88. The molecular formula is C23H36NOSi+. The number of hydrogen-bond acceptors (Lipinski definition) is 1. The largest absolute Gasteiger partial charge is 0.290 e. The third kappa shape index (κ3) is 3.59. The SMILES string of the molecule is CCc1c2cccccc-2c(/C=[N+](\O)C(C)(C)C)c1[Si](C)(C)C(C)(C)C. The fraction of sp³-hybridized carbons (Fsp3) is 0.522. The first-order chi connectivity index (χ1) is 11.8. The molecule has 0 unspecified atom stereocenters. The summed E-state index contributed by atoms with van der Waals surface area (Å²) in [4.78, 5) is 0. The van der Waals surface area contributed by atoms with Gasteiger partial charge in [0.2, 0.25) is 11.8 Å². The Hall–Kier alpha value is -1.61. The Morgan fingerprint density at radius 3 is 1.96 bits per heavy atom. The lowest BCUT2D eigenvalue weighted by Gasteiger charge is -2.38. The summed E-state index contributed by atoms with van der Waals surface area (Å²) >= 11 is 0. The standard InChI is InChI=1S/C23H36NOSi/c1-10-17-18-14-12-11-13-15-19(18)20(16-24(25)22(2,3)4)21(17)26(8,9)23(5,6)7/h11-16,25H,10H2,1-9H3/q+1/b24-16-. The van der Waals surface area contributed by atoms with Gasteiger partial charge in [0.05, 0.1) is 13.6 Å². The van der Waals surface area contributed by atoms with Gasteiger partial charge in [-0.2, -0.15) is 0 Å². The van der Waals surface area contributed by atoms with E-state index in [0.717, 1.165) is 6.42 Å². The van der Waals surface area contributed by atoms with Crippen LogP contribution >= 0.6 is 0 Å². The van der Waals surface area contributed by atoms with Gasteiger partial charge in [-0.25, -0.2) is 0 Å². The molecule has 0 aliphatic heterocycles. The van der Waals surface area contributed by atoms with Gasteiger partial charge >= 0.3 is 0 Å². The van der Waals surface area contributed by atoms with Gasteiger partial charge in [-0.3, -0.25) is 5.21 Å². The third-order valence-corrected chi connectivity index (χ3v) is 11.6. The Morgan fingerprint density at radius 1 is 0.962 bits per heavy atom. The maximum atomic E-state index is 10.7. The molecule has 0 atom stereocenters. The topological polar surface area (TPSA) is 23.2 Å². The maximum absolute atomic E-state index is 10.7. The van der Waals surface area contributed by atoms with Crippen LogP contribution in [0.2, 0.25) is 18.1 Å². The van der Waals surface area contributed by atoms with E-state index in [-0.39, 0.29) is 10.6 Å². The number of rotatable bonds is 3. The molecule has 0 saturated heterocycles. The molecule has 0 fully saturated rings. The van der Waals surface area contributed by atoms with Crippen LogP contribution in [-0.2, 0) is 6.42 Å². The molecule has 26 heavy (non-hydrogen) atoms. The summed E-state index contributed by atoms with van der Waals surface area (Å²) in [5.41, 5.74) is 4.90. The zero-order valence-corrected chi connectivity index (χ0v) is 19.1. The van der Waals surface area contributed by atoms with Crippen molar-refractivity contribution in [3.05, 3.63) is 41.5 Å². The van der Waals surface area contributed by atoms with Gasteiger partial charge in [0.15, 0.2) is 0 Å². The fourth-order valence-electron chi connectivity index (χ4n) is 3.38. The minimum Gasteiger partial charge on any atom is -0.290 e. The molecule has 142 valence electrons. The highest BCUT2D eigenvalue weighted by Gasteiger charge is 2.43. The summed E-state index contributed by atoms with van der Waals surface area (Å²) in [7, 11) is -1.80. The van der Waals surface area contributed by atoms with Crippen LogP contribution in [0, 0.1) is 0 Å². The molecule has 0 bridgehead atoms. The molecule has 0 amide bonds. The summed E-state index contributed by atoms with van der Waals surface area (Å²) in [6.07, 6.45) is 2.98. The quantitative estimate of drug-likeness (QED) is 0.242. The monoisotopic (exact) mass is 370 g/mol. The smallest absolute Gasteiger partial charge is 0.223 e. The zero-order valence-electron chi connectivity index (χ0n) is 18.1. The molecule has 2 aliphatic rings. The highest BCUT2D eigenvalue weighted by Crippen LogP contribution is 2.41. The lowest BCUT2D eigenvalue weighted by atomic mass is 10.1. The lowest BCUT2D eigenvalue weighted by Crippen LogP contribution is -2.52. The van der Waals surface area contributed by atoms with Crippen molar-refractivity contribution in [1.29, 1.82) is 0 Å². The Kier molecular flexibility index (Phi) is 5.45. The molecule has 0 radical (unpaired) electrons. The van der Waals surface area contributed by atoms with E-state index in [9.17, 15) is 5.21 Å². The van der Waals surface area contributed by atoms with E-state index in [2.05, 4.69) is 71.1 Å². The first-order valence-corrected chi connectivity index (χ1v) is 12.7. The minimum atomic E-state index is -1.80. The molecule has 0 spiro atoms. The van der Waals surface area contributed by atoms with Crippen molar-refractivity contribution in [2.45, 2.75) is 78.6 Å². The third-order valence-electron chi connectivity index (χ3n) is 6.02. The lowest BCUT2D eigenvalue weighted by molar-refractivity contribution is -0.816. The highest BCUT2D eigenvalue weighted by atomic mass is 28.3. The Morgan fingerprint density at radius 2 is 1.50 bits per heavy atom. The van der Waals surface area contributed by atoms with E-state index >= 15 is 0 Å². The van der Waals surface area contributed by atoms with Crippen LogP contribution in [0.3, 0.4) is 0 Å². The van der Waals surface area contributed by atoms with Crippen LogP contribution in [0.5, 0.6) is 0 Å². The number of fused-ring (bicyclic) bond motifs is 1. The van der Waals surface area contributed by atoms with Crippen molar-refractivity contribution in [3.8, 4) is 11.1 Å². The molecule has 0 saturated carbocycles. The zero-order chi connectivity index (χ0) is 19.9. The summed E-state index contributed by atoms with van der Waals surface area (Å²) in [5.74, 6) is 0. The van der Waals surface area contributed by atoms with Gasteiger partial charge in [-0.1, -0.05) is 71.1 Å². The van der Waals surface area contributed by atoms with Crippen molar-refractivity contribution < 1.29 is 9.95 Å². The number of hydroxylamine groups is 1. The second kappa shape index (κ2) is 6.84. The van der Waals surface area contributed by atoms with Crippen LogP contribution in [0.25, 0.3) is 11.1 Å². The summed E-state index contributed by atoms with van der Waals surface area (Å²) in [6.45, 7) is 20.4. The summed E-state index contributed by atoms with van der Waals surface area (Å²) < 4.78 is 1.38. The van der Waals surface area contributed by atoms with Crippen molar-refractivity contribution in [1.82, 2.24) is 0 Å². The predicted octanol–water partition coefficient (Wildman–Crippen LogP) is 5.69. The van der Waals surface area contributed by atoms with Crippen LogP contribution < -0.4 is 5.19 Å². The van der Waals surface area contributed by atoms with Crippen molar-refractivity contribution in [2.24, 2.45) is 0 Å². The number of hydrogen-bond donors (Lipinski definition) is 1. The molecule has 3 heteroatoms. The fourth-order valence-corrected chi connectivity index (χ4v) is 6.07. The molecule has 0 aromatic heterocycles. The van der Waals surface area contributed by atoms with E-state index in [1.165, 1.54) is 32.2 Å². The van der Waals surface area contributed by atoms with Gasteiger partial charge < -0.3 is 0 Å². The van der Waals surface area contributed by atoms with Crippen LogP contribution in [-0.4, -0.2) is 29.8 Å². The predicted molar refractivity (Wildman–Crippen MR) is 116 cm³/mol. The van der Waals surface area contributed by atoms with Gasteiger partial charge in [-0.15, -0.1) is 0 Å². The van der Waals surface area contributed by atoms with E-state index in [0.29, 0.717) is 0 Å². The van der Waals surface area contributed by atoms with Crippen molar-refractivity contribution in [3.63, 3.8) is 0 Å². The van der Waals surface area contributed by atoms with Gasteiger partial charge in [0.1, 0.15) is 0 Å². The number of nitrogens with zero attached hydrogens (tertiary/aromatic N) is 1. The Balaban J connectivity index is 2.97. The second-order valence-corrected chi connectivity index (χ2v) is 15.1. The Bertz CT molecular complexity index is 791. The van der Waals surface area contributed by atoms with Crippen molar-refractivity contribution in [2.75, 3.05) is 0 Å². The molecule has 0 heterocycles. The average molecular weight is 371 g/mol. The normalized spacial score (nSPS) is 14.1. The van der Waals surface area contributed by atoms with Crippen molar-refractivity contribution >= 4 is 19.5 Å². The minimum absolute atomic E-state index is 0.230.